The fourth-order valence-corrected chi connectivity index (χ4v) is 3.60. The SMILES string of the molecule is CN1N=C(c2ccccc2)N([C@H](COC(=O)c2ccccc2)c2ccccc2)N(C)C1=O. The van der Waals surface area contributed by atoms with Gasteiger partial charge in [-0.15, -0.1) is 5.10 Å². The van der Waals surface area contributed by atoms with Crippen LogP contribution in [0.2, 0.25) is 0 Å². The minimum Gasteiger partial charge on any atom is -0.459 e. The smallest absolute Gasteiger partial charge is 0.358 e. The van der Waals surface area contributed by atoms with Crippen LogP contribution in [-0.4, -0.2) is 53.6 Å². The predicted molar refractivity (Wildman–Crippen MR) is 122 cm³/mol. The number of rotatable bonds is 6. The van der Waals surface area contributed by atoms with Crippen molar-refractivity contribution in [1.82, 2.24) is 15.0 Å². The Kier molecular flexibility index (Phi) is 6.17. The van der Waals surface area contributed by atoms with Gasteiger partial charge in [-0.3, -0.25) is 5.01 Å². The molecule has 0 saturated heterocycles. The van der Waals surface area contributed by atoms with Crippen molar-refractivity contribution in [3.63, 3.8) is 0 Å². The first-order chi connectivity index (χ1) is 15.6. The molecule has 1 aliphatic rings. The highest BCUT2D eigenvalue weighted by atomic mass is 16.5. The molecule has 3 aromatic rings. The molecule has 2 amide bonds. The summed E-state index contributed by atoms with van der Waals surface area (Å²) in [6, 6.07) is 27.3. The number of ether oxygens (including phenoxy) is 1. The largest absolute Gasteiger partial charge is 0.459 e. The maximum Gasteiger partial charge on any atom is 0.358 e. The molecule has 0 saturated carbocycles. The Hall–Kier alpha value is -4.13. The van der Waals surface area contributed by atoms with E-state index >= 15 is 0 Å². The van der Waals surface area contributed by atoms with E-state index in [4.69, 9.17) is 4.74 Å². The Morgan fingerprint density at radius 1 is 0.875 bits per heavy atom. The number of carbonyl (C=O) groups is 2. The number of hydrazone groups is 1. The van der Waals surface area contributed by atoms with Crippen LogP contribution in [0.15, 0.2) is 96.1 Å². The molecule has 1 aliphatic heterocycles. The second-order valence-electron chi connectivity index (χ2n) is 7.35. The lowest BCUT2D eigenvalue weighted by Gasteiger charge is -2.44. The van der Waals surface area contributed by atoms with Crippen molar-refractivity contribution in [2.45, 2.75) is 6.04 Å². The molecule has 0 bridgehead atoms. The van der Waals surface area contributed by atoms with Crippen LogP contribution in [0.5, 0.6) is 0 Å². The number of benzene rings is 3. The molecular formula is C25H24N4O3. The van der Waals surface area contributed by atoms with Crippen molar-refractivity contribution < 1.29 is 14.3 Å². The molecule has 0 unspecified atom stereocenters. The van der Waals surface area contributed by atoms with Crippen molar-refractivity contribution in [2.75, 3.05) is 20.7 Å². The average Bonchev–Trinajstić information content (AvgIpc) is 2.85. The van der Waals surface area contributed by atoms with E-state index in [1.165, 1.54) is 10.0 Å². The molecule has 162 valence electrons. The Balaban J connectivity index is 1.72. The van der Waals surface area contributed by atoms with E-state index in [1.54, 1.807) is 43.4 Å². The van der Waals surface area contributed by atoms with Gasteiger partial charge in [0.25, 0.3) is 0 Å². The van der Waals surface area contributed by atoms with Crippen molar-refractivity contribution >= 4 is 17.8 Å². The second-order valence-corrected chi connectivity index (χ2v) is 7.35. The highest BCUT2D eigenvalue weighted by molar-refractivity contribution is 6.01. The first-order valence-corrected chi connectivity index (χ1v) is 10.3. The van der Waals surface area contributed by atoms with Crippen LogP contribution in [0.1, 0.15) is 27.5 Å². The number of hydrogen-bond donors (Lipinski definition) is 0. The lowest BCUT2D eigenvalue weighted by atomic mass is 10.1. The predicted octanol–water partition coefficient (Wildman–Crippen LogP) is 4.16. The Morgan fingerprint density at radius 2 is 1.44 bits per heavy atom. The van der Waals surface area contributed by atoms with Gasteiger partial charge in [-0.05, 0) is 17.7 Å². The zero-order valence-corrected chi connectivity index (χ0v) is 18.0. The molecular weight excluding hydrogens is 404 g/mol. The molecule has 4 rings (SSSR count). The summed E-state index contributed by atoms with van der Waals surface area (Å²) in [4.78, 5) is 25.5. The minimum absolute atomic E-state index is 0.0327. The summed E-state index contributed by atoms with van der Waals surface area (Å²) in [5, 5.41) is 9.13. The fraction of sp³-hybridized carbons (Fsp3) is 0.160. The molecule has 32 heavy (non-hydrogen) atoms. The Labute approximate surface area is 187 Å². The number of carbonyl (C=O) groups excluding carboxylic acids is 2. The van der Waals surface area contributed by atoms with Gasteiger partial charge in [0, 0.05) is 19.7 Å². The van der Waals surface area contributed by atoms with Gasteiger partial charge in [-0.2, -0.15) is 0 Å². The van der Waals surface area contributed by atoms with E-state index in [0.717, 1.165) is 11.1 Å². The summed E-state index contributed by atoms with van der Waals surface area (Å²) < 4.78 is 5.71. The summed E-state index contributed by atoms with van der Waals surface area (Å²) >= 11 is 0. The van der Waals surface area contributed by atoms with Crippen molar-refractivity contribution in [3.8, 4) is 0 Å². The van der Waals surface area contributed by atoms with E-state index in [9.17, 15) is 9.59 Å². The molecule has 0 aromatic heterocycles. The number of hydrazine groups is 1. The van der Waals surface area contributed by atoms with E-state index in [2.05, 4.69) is 5.10 Å². The highest BCUT2D eigenvalue weighted by Gasteiger charge is 2.37. The number of amides is 2. The van der Waals surface area contributed by atoms with Crippen LogP contribution in [0.3, 0.4) is 0 Å². The van der Waals surface area contributed by atoms with Crippen LogP contribution < -0.4 is 0 Å². The van der Waals surface area contributed by atoms with E-state index < -0.39 is 12.0 Å². The molecule has 0 radical (unpaired) electrons. The van der Waals surface area contributed by atoms with Crippen molar-refractivity contribution in [3.05, 3.63) is 108 Å². The van der Waals surface area contributed by atoms with Gasteiger partial charge in [-0.25, -0.2) is 19.6 Å². The van der Waals surface area contributed by atoms with Gasteiger partial charge >= 0.3 is 12.0 Å². The van der Waals surface area contributed by atoms with Gasteiger partial charge in [0.1, 0.15) is 12.6 Å². The minimum atomic E-state index is -0.467. The summed E-state index contributed by atoms with van der Waals surface area (Å²) in [5.74, 6) is 0.160. The number of amidine groups is 1. The maximum atomic E-state index is 12.8. The third-order valence-electron chi connectivity index (χ3n) is 5.23. The van der Waals surface area contributed by atoms with Gasteiger partial charge in [0.15, 0.2) is 5.84 Å². The third-order valence-corrected chi connectivity index (χ3v) is 5.23. The first kappa shape index (κ1) is 21.1. The summed E-state index contributed by atoms with van der Waals surface area (Å²) in [5.41, 5.74) is 2.20. The standard InChI is InChI=1S/C25H24N4O3/c1-27-25(31)28(2)29(23(26-27)20-14-8-4-9-15-20)22(19-12-6-3-7-13-19)18-32-24(30)21-16-10-5-11-17-21/h3-17,22H,18H2,1-2H3/t22-/m1/s1. The number of urea groups is 1. The van der Waals surface area contributed by atoms with Crippen LogP contribution in [0, 0.1) is 0 Å². The zero-order chi connectivity index (χ0) is 22.5. The average molecular weight is 428 g/mol. The van der Waals surface area contributed by atoms with Gasteiger partial charge < -0.3 is 4.74 Å². The lowest BCUT2D eigenvalue weighted by molar-refractivity contribution is -0.000535. The molecule has 7 heteroatoms. The van der Waals surface area contributed by atoms with Crippen LogP contribution >= 0.6 is 0 Å². The topological polar surface area (TPSA) is 65.5 Å². The quantitative estimate of drug-likeness (QED) is 0.553. The summed E-state index contributed by atoms with van der Waals surface area (Å²) in [6.45, 7) is 0.0327. The van der Waals surface area contributed by atoms with Crippen LogP contribution in [-0.2, 0) is 4.74 Å². The molecule has 1 heterocycles. The Bertz CT molecular complexity index is 1100. The molecule has 0 spiro atoms. The van der Waals surface area contributed by atoms with Crippen LogP contribution in [0.25, 0.3) is 0 Å². The molecule has 1 atom stereocenters. The molecule has 0 aliphatic carbocycles. The van der Waals surface area contributed by atoms with Gasteiger partial charge in [0.05, 0.1) is 5.56 Å². The highest BCUT2D eigenvalue weighted by Crippen LogP contribution is 2.28. The normalized spacial score (nSPS) is 14.8. The fourth-order valence-electron chi connectivity index (χ4n) is 3.60. The van der Waals surface area contributed by atoms with Crippen molar-refractivity contribution in [2.24, 2.45) is 5.10 Å². The third kappa shape index (κ3) is 4.32. The van der Waals surface area contributed by atoms with Gasteiger partial charge in [0.2, 0.25) is 0 Å². The van der Waals surface area contributed by atoms with Gasteiger partial charge in [-0.1, -0.05) is 78.9 Å². The van der Waals surface area contributed by atoms with Crippen molar-refractivity contribution in [1.29, 1.82) is 0 Å². The monoisotopic (exact) mass is 428 g/mol. The van der Waals surface area contributed by atoms with E-state index in [0.29, 0.717) is 11.4 Å². The molecule has 7 nitrogen and oxygen atoms in total. The summed E-state index contributed by atoms with van der Waals surface area (Å²) in [7, 11) is 3.30. The molecule has 0 N–H and O–H groups in total. The number of nitrogens with zero attached hydrogens (tertiary/aromatic N) is 4. The number of hydrogen-bond acceptors (Lipinski definition) is 5. The molecule has 3 aromatic carbocycles. The zero-order valence-electron chi connectivity index (χ0n) is 18.0. The van der Waals surface area contributed by atoms with E-state index in [-0.39, 0.29) is 12.6 Å². The lowest BCUT2D eigenvalue weighted by Crippen LogP contribution is -2.57. The maximum absolute atomic E-state index is 12.8. The summed E-state index contributed by atoms with van der Waals surface area (Å²) in [6.07, 6.45) is 0. The molecule has 0 fully saturated rings. The number of esters is 1. The van der Waals surface area contributed by atoms with E-state index in [1.807, 2.05) is 66.7 Å². The Morgan fingerprint density at radius 3 is 2.06 bits per heavy atom. The van der Waals surface area contributed by atoms with Crippen LogP contribution in [0.4, 0.5) is 4.79 Å². The second kappa shape index (κ2) is 9.34. The first-order valence-electron chi connectivity index (χ1n) is 10.3.